The molecule has 0 saturated heterocycles. The molecule has 0 heterocycles. The summed E-state index contributed by atoms with van der Waals surface area (Å²) >= 11 is 0. The van der Waals surface area contributed by atoms with Gasteiger partial charge in [0.2, 0.25) is 0 Å². The number of aryl methyl sites for hydroxylation is 2. The van der Waals surface area contributed by atoms with Gasteiger partial charge in [-0.05, 0) is 38.3 Å². The largest absolute Gasteiger partial charge is 0.329 e. The van der Waals surface area contributed by atoms with Crippen molar-refractivity contribution in [1.82, 2.24) is 0 Å². The second kappa shape index (κ2) is 4.10. The van der Waals surface area contributed by atoms with Crippen LogP contribution in [0.5, 0.6) is 0 Å². The molecule has 17 heavy (non-hydrogen) atoms. The molecule has 0 unspecified atom stereocenters. The second-order valence-electron chi connectivity index (χ2n) is 5.01. The summed E-state index contributed by atoms with van der Waals surface area (Å²) in [5.74, 6) is 0. The molecular weight excluding hydrogens is 234 g/mol. The van der Waals surface area contributed by atoms with Crippen LogP contribution >= 0.6 is 0 Å². The Morgan fingerprint density at radius 2 is 1.94 bits per heavy atom. The number of benzene rings is 1. The molecule has 1 fully saturated rings. The summed E-state index contributed by atoms with van der Waals surface area (Å²) < 4.78 is 24.5. The summed E-state index contributed by atoms with van der Waals surface area (Å²) in [7, 11) is -3.29. The number of sulfone groups is 1. The fourth-order valence-electron chi connectivity index (χ4n) is 2.49. The van der Waals surface area contributed by atoms with Crippen LogP contribution in [0.1, 0.15) is 30.4 Å². The van der Waals surface area contributed by atoms with E-state index >= 15 is 0 Å². The summed E-state index contributed by atoms with van der Waals surface area (Å²) in [6, 6.07) is 5.48. The fourth-order valence-corrected chi connectivity index (χ4v) is 4.73. The lowest BCUT2D eigenvalue weighted by atomic mass is 9.84. The fraction of sp³-hybridized carbons (Fsp3) is 0.538. The Bertz CT molecular complexity index is 525. The molecule has 1 aliphatic rings. The van der Waals surface area contributed by atoms with Crippen LogP contribution in [0.4, 0.5) is 0 Å². The molecule has 2 N–H and O–H groups in total. The molecule has 0 radical (unpaired) electrons. The topological polar surface area (TPSA) is 60.2 Å². The van der Waals surface area contributed by atoms with Crippen molar-refractivity contribution in [2.24, 2.45) is 5.73 Å². The summed E-state index contributed by atoms with van der Waals surface area (Å²) in [5.41, 5.74) is 7.60. The predicted octanol–water partition coefficient (Wildman–Crippen LogP) is 1.96. The van der Waals surface area contributed by atoms with E-state index in [9.17, 15) is 8.42 Å². The molecule has 1 saturated carbocycles. The molecule has 94 valence electrons. The first-order valence-corrected chi connectivity index (χ1v) is 7.43. The molecule has 2 rings (SSSR count). The lowest BCUT2D eigenvalue weighted by molar-refractivity contribution is 0.344. The second-order valence-corrected chi connectivity index (χ2v) is 7.33. The molecule has 1 aliphatic carbocycles. The molecule has 1 aromatic rings. The molecule has 4 heteroatoms. The minimum Gasteiger partial charge on any atom is -0.329 e. The zero-order valence-electron chi connectivity index (χ0n) is 10.4. The van der Waals surface area contributed by atoms with Gasteiger partial charge in [-0.1, -0.05) is 24.1 Å². The SMILES string of the molecule is Cc1ccc(S(=O)(=O)C2(CN)CCC2)c(C)c1. The molecule has 1 aromatic carbocycles. The molecule has 0 aromatic heterocycles. The Labute approximate surface area is 103 Å². The van der Waals surface area contributed by atoms with E-state index in [1.54, 1.807) is 6.07 Å². The highest BCUT2D eigenvalue weighted by Crippen LogP contribution is 2.42. The van der Waals surface area contributed by atoms with Crippen LogP contribution in [0.3, 0.4) is 0 Å². The van der Waals surface area contributed by atoms with Gasteiger partial charge in [0.05, 0.1) is 9.64 Å². The van der Waals surface area contributed by atoms with Gasteiger partial charge in [0, 0.05) is 6.54 Å². The highest BCUT2D eigenvalue weighted by atomic mass is 32.2. The average Bonchev–Trinajstić information content (AvgIpc) is 2.15. The van der Waals surface area contributed by atoms with E-state index in [0.29, 0.717) is 17.7 Å². The van der Waals surface area contributed by atoms with Crippen molar-refractivity contribution < 1.29 is 8.42 Å². The van der Waals surface area contributed by atoms with Crippen LogP contribution in [0.25, 0.3) is 0 Å². The third-order valence-corrected chi connectivity index (χ3v) is 6.58. The van der Waals surface area contributed by atoms with Gasteiger partial charge < -0.3 is 5.73 Å². The van der Waals surface area contributed by atoms with Crippen LogP contribution < -0.4 is 5.73 Å². The molecular formula is C13H19NO2S. The van der Waals surface area contributed by atoms with Gasteiger partial charge in [-0.25, -0.2) is 8.42 Å². The highest BCUT2D eigenvalue weighted by molar-refractivity contribution is 7.93. The van der Waals surface area contributed by atoms with Gasteiger partial charge in [-0.15, -0.1) is 0 Å². The molecule has 3 nitrogen and oxygen atoms in total. The van der Waals surface area contributed by atoms with E-state index in [0.717, 1.165) is 17.5 Å². The first-order valence-electron chi connectivity index (χ1n) is 5.95. The Morgan fingerprint density at radius 1 is 1.29 bits per heavy atom. The third kappa shape index (κ3) is 1.79. The van der Waals surface area contributed by atoms with Crippen LogP contribution in [-0.4, -0.2) is 19.7 Å². The van der Waals surface area contributed by atoms with Crippen molar-refractivity contribution in [3.8, 4) is 0 Å². The summed E-state index contributed by atoms with van der Waals surface area (Å²) in [6.07, 6.45) is 2.35. The van der Waals surface area contributed by atoms with Crippen molar-refractivity contribution in [2.45, 2.75) is 42.8 Å². The Hall–Kier alpha value is -0.870. The lowest BCUT2D eigenvalue weighted by Crippen LogP contribution is -2.51. The molecule has 0 atom stereocenters. The van der Waals surface area contributed by atoms with Gasteiger partial charge >= 0.3 is 0 Å². The first-order chi connectivity index (χ1) is 7.93. The van der Waals surface area contributed by atoms with Crippen molar-refractivity contribution in [2.75, 3.05) is 6.54 Å². The predicted molar refractivity (Wildman–Crippen MR) is 68.7 cm³/mol. The Kier molecular flexibility index (Phi) is 3.04. The molecule has 0 aliphatic heterocycles. The molecule has 0 amide bonds. The van der Waals surface area contributed by atoms with Gasteiger partial charge in [-0.2, -0.15) is 0 Å². The van der Waals surface area contributed by atoms with E-state index in [1.165, 1.54) is 0 Å². The molecule has 0 bridgehead atoms. The van der Waals surface area contributed by atoms with Crippen molar-refractivity contribution in [3.05, 3.63) is 29.3 Å². The quantitative estimate of drug-likeness (QED) is 0.895. The normalized spacial score (nSPS) is 18.8. The Morgan fingerprint density at radius 3 is 2.35 bits per heavy atom. The van der Waals surface area contributed by atoms with Crippen LogP contribution in [0.2, 0.25) is 0 Å². The molecule has 0 spiro atoms. The zero-order valence-corrected chi connectivity index (χ0v) is 11.2. The monoisotopic (exact) mass is 253 g/mol. The van der Waals surface area contributed by atoms with Crippen LogP contribution in [0.15, 0.2) is 23.1 Å². The number of nitrogens with two attached hydrogens (primary N) is 1. The van der Waals surface area contributed by atoms with Crippen LogP contribution in [0, 0.1) is 13.8 Å². The van der Waals surface area contributed by atoms with Crippen molar-refractivity contribution in [1.29, 1.82) is 0 Å². The van der Waals surface area contributed by atoms with Gasteiger partial charge in [0.1, 0.15) is 0 Å². The summed E-state index contributed by atoms with van der Waals surface area (Å²) in [4.78, 5) is 0.452. The third-order valence-electron chi connectivity index (χ3n) is 3.83. The highest BCUT2D eigenvalue weighted by Gasteiger charge is 2.48. The first kappa shape index (κ1) is 12.6. The van der Waals surface area contributed by atoms with E-state index in [4.69, 9.17) is 5.73 Å². The van der Waals surface area contributed by atoms with Crippen molar-refractivity contribution >= 4 is 9.84 Å². The average molecular weight is 253 g/mol. The van der Waals surface area contributed by atoms with E-state index in [2.05, 4.69) is 0 Å². The summed E-state index contributed by atoms with van der Waals surface area (Å²) in [6.45, 7) is 4.04. The maximum atomic E-state index is 12.6. The van der Waals surface area contributed by atoms with Gasteiger partial charge in [0.15, 0.2) is 9.84 Å². The van der Waals surface area contributed by atoms with E-state index < -0.39 is 14.6 Å². The smallest absolute Gasteiger partial charge is 0.185 e. The minimum absolute atomic E-state index is 0.225. The summed E-state index contributed by atoms with van der Waals surface area (Å²) in [5, 5.41) is 0. The van der Waals surface area contributed by atoms with E-state index in [1.807, 2.05) is 26.0 Å². The number of hydrogen-bond acceptors (Lipinski definition) is 3. The standard InChI is InChI=1S/C13H19NO2S/c1-10-4-5-12(11(2)8-10)17(15,16)13(9-14)6-3-7-13/h4-5,8H,3,6-7,9,14H2,1-2H3. The Balaban J connectivity index is 2.52. The van der Waals surface area contributed by atoms with Crippen molar-refractivity contribution in [3.63, 3.8) is 0 Å². The zero-order chi connectivity index (χ0) is 12.7. The maximum absolute atomic E-state index is 12.6. The maximum Gasteiger partial charge on any atom is 0.185 e. The lowest BCUT2D eigenvalue weighted by Gasteiger charge is -2.40. The minimum atomic E-state index is -3.29. The van der Waals surface area contributed by atoms with Crippen LogP contribution in [-0.2, 0) is 9.84 Å². The van der Waals surface area contributed by atoms with Gasteiger partial charge in [0.25, 0.3) is 0 Å². The number of rotatable bonds is 3. The number of hydrogen-bond donors (Lipinski definition) is 1. The van der Waals surface area contributed by atoms with Gasteiger partial charge in [-0.3, -0.25) is 0 Å². The van der Waals surface area contributed by atoms with E-state index in [-0.39, 0.29) is 6.54 Å².